The third-order valence-corrected chi connectivity index (χ3v) is 3.03. The maximum absolute atomic E-state index is 5.86. The molecule has 2 aliphatic rings. The lowest BCUT2D eigenvalue weighted by Crippen LogP contribution is -2.42. The van der Waals surface area contributed by atoms with Gasteiger partial charge in [0.25, 0.3) is 0 Å². The maximum atomic E-state index is 5.86. The Balaban J connectivity index is 1.98. The Bertz CT molecular complexity index is 150. The van der Waals surface area contributed by atoms with Crippen LogP contribution in [0.5, 0.6) is 0 Å². The largest absolute Gasteiger partial charge is 0.359 e. The third kappa shape index (κ3) is 1.64. The molecule has 1 heterocycles. The van der Waals surface area contributed by atoms with Crippen molar-refractivity contribution in [2.45, 2.75) is 57.2 Å². The molecule has 70 valence electrons. The zero-order valence-corrected chi connectivity index (χ0v) is 7.94. The minimum atomic E-state index is 0.0793. The van der Waals surface area contributed by atoms with Crippen molar-refractivity contribution >= 4 is 0 Å². The van der Waals surface area contributed by atoms with Crippen molar-refractivity contribution in [3.63, 3.8) is 0 Å². The van der Waals surface area contributed by atoms with Crippen molar-refractivity contribution < 1.29 is 4.74 Å². The lowest BCUT2D eigenvalue weighted by atomic mass is 10.1. The molecule has 1 aliphatic heterocycles. The highest BCUT2D eigenvalue weighted by molar-refractivity contribution is 4.88. The summed E-state index contributed by atoms with van der Waals surface area (Å²) in [7, 11) is 0. The summed E-state index contributed by atoms with van der Waals surface area (Å²) < 4.78 is 5.86. The van der Waals surface area contributed by atoms with Gasteiger partial charge in [0.15, 0.2) is 0 Å². The number of rotatable bonds is 0. The fraction of sp³-hybridized carbons (Fsp3) is 1.00. The van der Waals surface area contributed by atoms with E-state index in [9.17, 15) is 0 Å². The van der Waals surface area contributed by atoms with Crippen molar-refractivity contribution in [1.82, 2.24) is 5.32 Å². The Morgan fingerprint density at radius 2 is 1.83 bits per heavy atom. The Kier molecular flexibility index (Phi) is 2.37. The second kappa shape index (κ2) is 3.35. The van der Waals surface area contributed by atoms with Crippen molar-refractivity contribution in [2.75, 3.05) is 6.61 Å². The zero-order valence-electron chi connectivity index (χ0n) is 7.94. The number of nitrogens with one attached hydrogen (secondary N) is 1. The fourth-order valence-electron chi connectivity index (χ4n) is 2.41. The first-order valence-corrected chi connectivity index (χ1v) is 5.22. The molecule has 2 rings (SSSR count). The van der Waals surface area contributed by atoms with Gasteiger partial charge < -0.3 is 4.74 Å². The molecule has 1 saturated carbocycles. The van der Waals surface area contributed by atoms with Gasteiger partial charge in [-0.3, -0.25) is 5.32 Å². The predicted octanol–water partition coefficient (Wildman–Crippen LogP) is 2.05. The van der Waals surface area contributed by atoms with E-state index in [2.05, 4.69) is 12.2 Å². The van der Waals surface area contributed by atoms with Crippen molar-refractivity contribution in [1.29, 1.82) is 0 Å². The molecule has 2 fully saturated rings. The van der Waals surface area contributed by atoms with Crippen LogP contribution < -0.4 is 5.32 Å². The lowest BCUT2D eigenvalue weighted by Gasteiger charge is -2.27. The zero-order chi connectivity index (χ0) is 8.44. The first-order valence-electron chi connectivity index (χ1n) is 5.22. The highest BCUT2D eigenvalue weighted by Crippen LogP contribution is 2.31. The summed E-state index contributed by atoms with van der Waals surface area (Å²) in [5, 5.41) is 3.59. The maximum Gasteiger partial charge on any atom is 0.119 e. The van der Waals surface area contributed by atoms with E-state index in [-0.39, 0.29) is 5.72 Å². The average molecular weight is 169 g/mol. The molecular weight excluding hydrogens is 150 g/mol. The third-order valence-electron chi connectivity index (χ3n) is 3.03. The van der Waals surface area contributed by atoms with Gasteiger partial charge in [0.2, 0.25) is 0 Å². The summed E-state index contributed by atoms with van der Waals surface area (Å²) in [4.78, 5) is 0. The standard InChI is InChI=1S/C10H19NO/c1-9-8-12-10(11-9)6-4-2-3-5-7-10/h9,11H,2-8H2,1H3. The molecule has 1 aliphatic carbocycles. The monoisotopic (exact) mass is 169 g/mol. The van der Waals surface area contributed by atoms with Gasteiger partial charge in [-0.1, -0.05) is 12.8 Å². The smallest absolute Gasteiger partial charge is 0.119 e. The van der Waals surface area contributed by atoms with Crippen LogP contribution in [-0.4, -0.2) is 18.4 Å². The number of ether oxygens (including phenoxy) is 1. The van der Waals surface area contributed by atoms with Crippen LogP contribution in [-0.2, 0) is 4.74 Å². The molecule has 1 spiro atoms. The van der Waals surface area contributed by atoms with Crippen molar-refractivity contribution in [3.05, 3.63) is 0 Å². The Labute approximate surface area is 74.7 Å². The fourth-order valence-corrected chi connectivity index (χ4v) is 2.41. The number of hydrogen-bond acceptors (Lipinski definition) is 2. The molecule has 2 heteroatoms. The van der Waals surface area contributed by atoms with Crippen molar-refractivity contribution in [3.8, 4) is 0 Å². The SMILES string of the molecule is CC1COC2(CCCCCC2)N1. The summed E-state index contributed by atoms with van der Waals surface area (Å²) in [6.45, 7) is 3.11. The molecule has 0 amide bonds. The quantitative estimate of drug-likeness (QED) is 0.599. The van der Waals surface area contributed by atoms with Gasteiger partial charge in [-0.2, -0.15) is 0 Å². The predicted molar refractivity (Wildman–Crippen MR) is 49.0 cm³/mol. The van der Waals surface area contributed by atoms with Crippen LogP contribution in [0.4, 0.5) is 0 Å². The summed E-state index contributed by atoms with van der Waals surface area (Å²) in [5.74, 6) is 0. The van der Waals surface area contributed by atoms with E-state index in [1.165, 1.54) is 38.5 Å². The second-order valence-corrected chi connectivity index (χ2v) is 4.26. The van der Waals surface area contributed by atoms with Crippen molar-refractivity contribution in [2.24, 2.45) is 0 Å². The second-order valence-electron chi connectivity index (χ2n) is 4.26. The van der Waals surface area contributed by atoms with Crippen LogP contribution in [0.25, 0.3) is 0 Å². The Morgan fingerprint density at radius 3 is 2.33 bits per heavy atom. The average Bonchev–Trinajstić information content (AvgIpc) is 2.30. The van der Waals surface area contributed by atoms with E-state index in [0.29, 0.717) is 6.04 Å². The molecule has 1 N–H and O–H groups in total. The van der Waals surface area contributed by atoms with E-state index in [4.69, 9.17) is 4.74 Å². The van der Waals surface area contributed by atoms with E-state index in [0.717, 1.165) is 6.61 Å². The first kappa shape index (κ1) is 8.52. The molecule has 0 radical (unpaired) electrons. The summed E-state index contributed by atoms with van der Waals surface area (Å²) >= 11 is 0. The molecule has 0 bridgehead atoms. The number of hydrogen-bond donors (Lipinski definition) is 1. The van der Waals surface area contributed by atoms with E-state index < -0.39 is 0 Å². The molecule has 1 unspecified atom stereocenters. The molecule has 0 aromatic heterocycles. The van der Waals surface area contributed by atoms with Gasteiger partial charge in [0, 0.05) is 6.04 Å². The van der Waals surface area contributed by atoms with E-state index in [1.807, 2.05) is 0 Å². The molecule has 2 nitrogen and oxygen atoms in total. The Morgan fingerprint density at radius 1 is 1.17 bits per heavy atom. The van der Waals surface area contributed by atoms with Gasteiger partial charge in [0.05, 0.1) is 6.61 Å². The first-order chi connectivity index (χ1) is 5.81. The topological polar surface area (TPSA) is 21.3 Å². The van der Waals surface area contributed by atoms with Gasteiger partial charge in [0.1, 0.15) is 5.72 Å². The normalized spacial score (nSPS) is 35.2. The van der Waals surface area contributed by atoms with Gasteiger partial charge >= 0.3 is 0 Å². The lowest BCUT2D eigenvalue weighted by molar-refractivity contribution is -0.0220. The highest BCUT2D eigenvalue weighted by atomic mass is 16.5. The van der Waals surface area contributed by atoms with E-state index in [1.54, 1.807) is 0 Å². The summed E-state index contributed by atoms with van der Waals surface area (Å²) in [6.07, 6.45) is 7.89. The van der Waals surface area contributed by atoms with Crippen LogP contribution in [0.3, 0.4) is 0 Å². The molecular formula is C10H19NO. The summed E-state index contributed by atoms with van der Waals surface area (Å²) in [6, 6.07) is 0.558. The van der Waals surface area contributed by atoms with Crippen LogP contribution in [0, 0.1) is 0 Å². The van der Waals surface area contributed by atoms with Gasteiger partial charge in [-0.25, -0.2) is 0 Å². The molecule has 1 atom stereocenters. The molecule has 1 saturated heterocycles. The minimum absolute atomic E-state index is 0.0793. The molecule has 0 aromatic carbocycles. The van der Waals surface area contributed by atoms with Crippen LogP contribution in [0.1, 0.15) is 45.4 Å². The molecule has 12 heavy (non-hydrogen) atoms. The summed E-state index contributed by atoms with van der Waals surface area (Å²) in [5.41, 5.74) is 0.0793. The highest BCUT2D eigenvalue weighted by Gasteiger charge is 2.37. The molecule has 0 aromatic rings. The minimum Gasteiger partial charge on any atom is -0.359 e. The van der Waals surface area contributed by atoms with Gasteiger partial charge in [-0.05, 0) is 32.6 Å². The van der Waals surface area contributed by atoms with Crippen LogP contribution in [0.15, 0.2) is 0 Å². The van der Waals surface area contributed by atoms with Crippen LogP contribution in [0.2, 0.25) is 0 Å². The van der Waals surface area contributed by atoms with E-state index >= 15 is 0 Å². The van der Waals surface area contributed by atoms with Crippen LogP contribution >= 0.6 is 0 Å². The van der Waals surface area contributed by atoms with Gasteiger partial charge in [-0.15, -0.1) is 0 Å². The Hall–Kier alpha value is -0.0800.